The fourth-order valence-electron chi connectivity index (χ4n) is 4.22. The van der Waals surface area contributed by atoms with Gasteiger partial charge in [0.2, 0.25) is 0 Å². The van der Waals surface area contributed by atoms with Gasteiger partial charge in [0.05, 0.1) is 0 Å². The molecular formula is C27H37N3O2Si. The molecule has 33 heavy (non-hydrogen) atoms. The van der Waals surface area contributed by atoms with Crippen LogP contribution in [-0.2, 0) is 24.5 Å². The summed E-state index contributed by atoms with van der Waals surface area (Å²) in [6.07, 6.45) is 6.23. The smallest absolute Gasteiger partial charge is 0.160 e. The second-order valence-electron chi connectivity index (χ2n) is 10.4. The highest BCUT2D eigenvalue weighted by molar-refractivity contribution is 6.76. The fraction of sp³-hybridized carbons (Fsp3) is 0.481. The summed E-state index contributed by atoms with van der Waals surface area (Å²) in [6, 6.07) is 19.6. The van der Waals surface area contributed by atoms with E-state index in [9.17, 15) is 0 Å². The van der Waals surface area contributed by atoms with Crippen molar-refractivity contribution in [1.82, 2.24) is 14.8 Å². The second-order valence-corrected chi connectivity index (χ2v) is 16.0. The first-order valence-electron chi connectivity index (χ1n) is 12.2. The van der Waals surface area contributed by atoms with E-state index in [0.29, 0.717) is 13.3 Å². The van der Waals surface area contributed by atoms with Gasteiger partial charge in [-0.3, -0.25) is 0 Å². The van der Waals surface area contributed by atoms with Crippen molar-refractivity contribution in [3.8, 4) is 17.1 Å². The summed E-state index contributed by atoms with van der Waals surface area (Å²) in [7, 11) is -1.12. The largest absolute Gasteiger partial charge is 0.489 e. The zero-order valence-corrected chi connectivity index (χ0v) is 21.3. The van der Waals surface area contributed by atoms with Crippen molar-refractivity contribution in [1.29, 1.82) is 0 Å². The third-order valence-corrected chi connectivity index (χ3v) is 7.94. The number of hydrogen-bond acceptors (Lipinski definition) is 4. The predicted octanol–water partition coefficient (Wildman–Crippen LogP) is 6.57. The molecular weight excluding hydrogens is 426 g/mol. The molecule has 0 spiro atoms. The molecule has 1 saturated carbocycles. The second kappa shape index (κ2) is 11.1. The van der Waals surface area contributed by atoms with Gasteiger partial charge in [-0.05, 0) is 41.8 Å². The Morgan fingerprint density at radius 1 is 0.970 bits per heavy atom. The van der Waals surface area contributed by atoms with E-state index in [1.165, 1.54) is 25.7 Å². The maximum atomic E-state index is 6.02. The lowest BCUT2D eigenvalue weighted by Crippen LogP contribution is -2.22. The van der Waals surface area contributed by atoms with Crippen molar-refractivity contribution in [3.63, 3.8) is 0 Å². The Morgan fingerprint density at radius 3 is 2.39 bits per heavy atom. The molecule has 0 atom stereocenters. The molecule has 5 nitrogen and oxygen atoms in total. The molecule has 4 rings (SSSR count). The average molecular weight is 464 g/mol. The monoisotopic (exact) mass is 463 g/mol. The Morgan fingerprint density at radius 2 is 1.70 bits per heavy atom. The summed E-state index contributed by atoms with van der Waals surface area (Å²) in [6.45, 7) is 8.91. The number of hydrogen-bond donors (Lipinski definition) is 0. The Labute approximate surface area is 199 Å². The minimum Gasteiger partial charge on any atom is -0.489 e. The van der Waals surface area contributed by atoms with Crippen LogP contribution in [0.1, 0.15) is 37.1 Å². The molecule has 0 saturated heterocycles. The highest BCUT2D eigenvalue weighted by Crippen LogP contribution is 2.28. The van der Waals surface area contributed by atoms with Crippen LogP contribution in [0.5, 0.6) is 5.75 Å². The Hall–Kier alpha value is -2.44. The zero-order chi connectivity index (χ0) is 23.1. The predicted molar refractivity (Wildman–Crippen MR) is 136 cm³/mol. The van der Waals surface area contributed by atoms with Crippen molar-refractivity contribution in [2.45, 2.75) is 71.1 Å². The van der Waals surface area contributed by atoms with E-state index in [2.05, 4.69) is 43.9 Å². The van der Waals surface area contributed by atoms with Crippen LogP contribution >= 0.6 is 0 Å². The first kappa shape index (κ1) is 23.7. The van der Waals surface area contributed by atoms with Crippen LogP contribution in [0, 0.1) is 5.92 Å². The summed E-state index contributed by atoms with van der Waals surface area (Å²) in [4.78, 5) is 4.93. The topological polar surface area (TPSA) is 49.2 Å². The third-order valence-electron chi connectivity index (χ3n) is 6.23. The van der Waals surface area contributed by atoms with E-state index in [4.69, 9.17) is 19.6 Å². The fourth-order valence-corrected chi connectivity index (χ4v) is 4.98. The molecule has 1 aliphatic carbocycles. The number of benzene rings is 2. The molecule has 0 N–H and O–H groups in total. The van der Waals surface area contributed by atoms with Crippen molar-refractivity contribution >= 4 is 8.07 Å². The van der Waals surface area contributed by atoms with Gasteiger partial charge in [0.15, 0.2) is 11.6 Å². The van der Waals surface area contributed by atoms with Crippen molar-refractivity contribution < 1.29 is 9.47 Å². The summed E-state index contributed by atoms with van der Waals surface area (Å²) in [5.41, 5.74) is 2.20. The lowest BCUT2D eigenvalue weighted by atomic mass is 10.0. The molecule has 0 amide bonds. The highest BCUT2D eigenvalue weighted by atomic mass is 28.3. The number of nitrogens with zero attached hydrogens (tertiary/aromatic N) is 3. The zero-order valence-electron chi connectivity index (χ0n) is 20.3. The molecule has 3 aromatic rings. The molecule has 1 aromatic heterocycles. The van der Waals surface area contributed by atoms with Crippen molar-refractivity contribution in [2.75, 3.05) is 6.61 Å². The van der Waals surface area contributed by atoms with Crippen LogP contribution in [0.15, 0.2) is 54.6 Å². The van der Waals surface area contributed by atoms with E-state index in [1.54, 1.807) is 0 Å². The van der Waals surface area contributed by atoms with Gasteiger partial charge in [-0.15, -0.1) is 0 Å². The first-order chi connectivity index (χ1) is 16.0. The van der Waals surface area contributed by atoms with Crippen molar-refractivity contribution in [2.24, 2.45) is 5.92 Å². The van der Waals surface area contributed by atoms with Crippen LogP contribution in [0.4, 0.5) is 0 Å². The third kappa shape index (κ3) is 7.27. The molecule has 176 valence electrons. The van der Waals surface area contributed by atoms with Crippen LogP contribution in [-0.4, -0.2) is 29.4 Å². The molecule has 0 radical (unpaired) electrons. The van der Waals surface area contributed by atoms with Gasteiger partial charge in [0, 0.05) is 26.7 Å². The maximum absolute atomic E-state index is 6.02. The van der Waals surface area contributed by atoms with Crippen LogP contribution in [0.25, 0.3) is 11.4 Å². The van der Waals surface area contributed by atoms with E-state index in [0.717, 1.165) is 53.5 Å². The molecule has 0 bridgehead atoms. The van der Waals surface area contributed by atoms with Gasteiger partial charge in [0.1, 0.15) is 19.1 Å². The average Bonchev–Trinajstić information content (AvgIpc) is 3.46. The van der Waals surface area contributed by atoms with Gasteiger partial charge in [-0.25, -0.2) is 9.67 Å². The maximum Gasteiger partial charge on any atom is 0.160 e. The first-order valence-corrected chi connectivity index (χ1v) is 16.0. The molecule has 1 fully saturated rings. The lowest BCUT2D eigenvalue weighted by molar-refractivity contribution is 0.0793. The van der Waals surface area contributed by atoms with Gasteiger partial charge in [-0.1, -0.05) is 75.7 Å². The van der Waals surface area contributed by atoms with Gasteiger partial charge in [0.25, 0.3) is 0 Å². The quantitative estimate of drug-likeness (QED) is 0.238. The minimum atomic E-state index is -1.12. The number of ether oxygens (including phenoxy) is 2. The molecule has 1 aliphatic rings. The summed E-state index contributed by atoms with van der Waals surface area (Å²) in [5, 5.41) is 4.84. The SMILES string of the molecule is C[Si](C)(C)CCOCn1nc(CC2CCCC2)nc1-c1ccc(OCc2ccccc2)cc1. The minimum absolute atomic E-state index is 0.448. The van der Waals surface area contributed by atoms with E-state index >= 15 is 0 Å². The van der Waals surface area contributed by atoms with E-state index < -0.39 is 8.07 Å². The number of aromatic nitrogens is 3. The van der Waals surface area contributed by atoms with E-state index in [-0.39, 0.29) is 0 Å². The molecule has 1 heterocycles. The standard InChI is InChI=1S/C27H37N3O2Si/c1-33(2,3)18-17-31-21-30-27(28-26(29-30)19-22-9-7-8-10-22)24-13-15-25(16-14-24)32-20-23-11-5-4-6-12-23/h4-6,11-16,22H,7-10,17-21H2,1-3H3. The molecule has 6 heteroatoms. The van der Waals surface area contributed by atoms with Gasteiger partial charge >= 0.3 is 0 Å². The van der Waals surface area contributed by atoms with Gasteiger partial charge < -0.3 is 9.47 Å². The highest BCUT2D eigenvalue weighted by Gasteiger charge is 2.20. The number of rotatable bonds is 11. The van der Waals surface area contributed by atoms with Crippen molar-refractivity contribution in [3.05, 3.63) is 66.0 Å². The summed E-state index contributed by atoms with van der Waals surface area (Å²) in [5.74, 6) is 3.39. The Kier molecular flexibility index (Phi) is 7.99. The van der Waals surface area contributed by atoms with Crippen LogP contribution in [0.3, 0.4) is 0 Å². The van der Waals surface area contributed by atoms with E-state index in [1.807, 2.05) is 35.0 Å². The van der Waals surface area contributed by atoms with Crippen LogP contribution in [0.2, 0.25) is 25.7 Å². The molecule has 0 unspecified atom stereocenters. The lowest BCUT2D eigenvalue weighted by Gasteiger charge is -2.15. The Bertz CT molecular complexity index is 990. The molecule has 2 aromatic carbocycles. The normalized spacial score (nSPS) is 14.6. The van der Waals surface area contributed by atoms with Gasteiger partial charge in [-0.2, -0.15) is 5.10 Å². The molecule has 0 aliphatic heterocycles. The summed E-state index contributed by atoms with van der Waals surface area (Å²) >= 11 is 0. The summed E-state index contributed by atoms with van der Waals surface area (Å²) < 4.78 is 13.9. The Balaban J connectivity index is 1.44. The van der Waals surface area contributed by atoms with Crippen LogP contribution < -0.4 is 4.74 Å².